The van der Waals surface area contributed by atoms with Crippen LogP contribution in [0.4, 0.5) is 0 Å². The Labute approximate surface area is 78.5 Å². The maximum Gasteiger partial charge on any atom is 0.158 e. The largest absolute Gasteiger partial charge is 0.550 e. The molecule has 0 saturated heterocycles. The van der Waals surface area contributed by atoms with Gasteiger partial charge in [-0.25, -0.2) is 0 Å². The Bertz CT molecular complexity index is 218. The average Bonchev–Trinajstić information content (AvgIpc) is 2.04. The van der Waals surface area contributed by atoms with Gasteiger partial charge in [-0.05, 0) is 31.3 Å². The van der Waals surface area contributed by atoms with Gasteiger partial charge < -0.3 is 9.90 Å². The lowest BCUT2D eigenvalue weighted by Crippen LogP contribution is -2.31. The fraction of sp³-hybridized carbons (Fsp3) is 0.600. The van der Waals surface area contributed by atoms with Crippen molar-refractivity contribution in [2.45, 2.75) is 33.1 Å². The highest BCUT2D eigenvalue weighted by atomic mass is 16.4. The number of carbonyl (C=O) groups is 2. The first kappa shape index (κ1) is 11.9. The van der Waals surface area contributed by atoms with E-state index in [-0.39, 0.29) is 12.2 Å². The second-order valence-corrected chi connectivity index (χ2v) is 3.17. The number of carboxylic acid groups (broad SMARTS) is 1. The van der Waals surface area contributed by atoms with Crippen molar-refractivity contribution in [2.75, 3.05) is 0 Å². The van der Waals surface area contributed by atoms with Crippen LogP contribution < -0.4 is 5.11 Å². The van der Waals surface area contributed by atoms with E-state index in [1.54, 1.807) is 13.8 Å². The molecule has 0 aliphatic carbocycles. The molecule has 13 heavy (non-hydrogen) atoms. The van der Waals surface area contributed by atoms with Crippen molar-refractivity contribution in [2.24, 2.45) is 5.92 Å². The van der Waals surface area contributed by atoms with Gasteiger partial charge in [0.1, 0.15) is 0 Å². The van der Waals surface area contributed by atoms with Crippen molar-refractivity contribution in [3.05, 3.63) is 12.2 Å². The predicted octanol–water partition coefficient (Wildman–Crippen LogP) is 0.688. The van der Waals surface area contributed by atoms with Crippen LogP contribution >= 0.6 is 0 Å². The Kier molecular flexibility index (Phi) is 5.04. The molecule has 1 unspecified atom stereocenters. The predicted molar refractivity (Wildman–Crippen MR) is 47.8 cm³/mol. The van der Waals surface area contributed by atoms with Crippen LogP contribution in [-0.2, 0) is 9.59 Å². The highest BCUT2D eigenvalue weighted by molar-refractivity contribution is 5.94. The number of carbonyl (C=O) groups excluding carboxylic acids is 2. The molecule has 3 heteroatoms. The molecule has 0 fully saturated rings. The van der Waals surface area contributed by atoms with E-state index >= 15 is 0 Å². The van der Waals surface area contributed by atoms with Crippen LogP contribution in [0.1, 0.15) is 33.1 Å². The van der Waals surface area contributed by atoms with Crippen molar-refractivity contribution < 1.29 is 14.7 Å². The lowest BCUT2D eigenvalue weighted by atomic mass is 9.97. The van der Waals surface area contributed by atoms with Gasteiger partial charge in [0.2, 0.25) is 0 Å². The Morgan fingerprint density at radius 2 is 2.00 bits per heavy atom. The molecule has 0 radical (unpaired) electrons. The Balaban J connectivity index is 3.92. The Morgan fingerprint density at radius 3 is 2.31 bits per heavy atom. The van der Waals surface area contributed by atoms with E-state index in [4.69, 9.17) is 0 Å². The summed E-state index contributed by atoms with van der Waals surface area (Å²) in [7, 11) is 0. The van der Waals surface area contributed by atoms with Crippen LogP contribution in [0.15, 0.2) is 12.2 Å². The van der Waals surface area contributed by atoms with Crippen LogP contribution in [0.5, 0.6) is 0 Å². The molecule has 3 nitrogen and oxygen atoms in total. The average molecular weight is 183 g/mol. The minimum Gasteiger partial charge on any atom is -0.550 e. The molecule has 0 N–H and O–H groups in total. The first-order valence-corrected chi connectivity index (χ1v) is 4.38. The van der Waals surface area contributed by atoms with Crippen molar-refractivity contribution >= 4 is 11.8 Å². The van der Waals surface area contributed by atoms with Gasteiger partial charge in [0, 0.05) is 12.4 Å². The fourth-order valence-corrected chi connectivity index (χ4v) is 1.01. The zero-order valence-electron chi connectivity index (χ0n) is 8.13. The number of Topliss-reactive ketones (excluding diaryl/α,β-unsaturated/α-hetero) is 1. The number of carboxylic acids is 1. The molecule has 0 bridgehead atoms. The molecule has 0 saturated carbocycles. The quantitative estimate of drug-likeness (QED) is 0.569. The van der Waals surface area contributed by atoms with E-state index in [1.165, 1.54) is 0 Å². The summed E-state index contributed by atoms with van der Waals surface area (Å²) in [5.74, 6) is -1.65. The molecule has 0 aliphatic heterocycles. The molecule has 1 atom stereocenters. The van der Waals surface area contributed by atoms with E-state index in [2.05, 4.69) is 6.58 Å². The molecular weight excluding hydrogens is 168 g/mol. The second-order valence-electron chi connectivity index (χ2n) is 3.17. The maximum atomic E-state index is 11.1. The van der Waals surface area contributed by atoms with Crippen LogP contribution in [0.25, 0.3) is 0 Å². The summed E-state index contributed by atoms with van der Waals surface area (Å²) in [6.45, 7) is 6.89. The standard InChI is InChI=1S/C10H16O3/c1-4-8(10(12)13)5-6-9(11)7(2)3/h8H,2,4-6H2,1,3H3,(H,12,13)/p-1. The van der Waals surface area contributed by atoms with Gasteiger partial charge in [-0.15, -0.1) is 0 Å². The smallest absolute Gasteiger partial charge is 0.158 e. The van der Waals surface area contributed by atoms with Gasteiger partial charge >= 0.3 is 0 Å². The third-order valence-corrected chi connectivity index (χ3v) is 2.02. The number of rotatable bonds is 6. The highest BCUT2D eigenvalue weighted by Crippen LogP contribution is 2.11. The lowest BCUT2D eigenvalue weighted by molar-refractivity contribution is -0.311. The highest BCUT2D eigenvalue weighted by Gasteiger charge is 2.10. The van der Waals surface area contributed by atoms with E-state index in [0.29, 0.717) is 18.4 Å². The van der Waals surface area contributed by atoms with Gasteiger partial charge in [0.15, 0.2) is 5.78 Å². The summed E-state index contributed by atoms with van der Waals surface area (Å²) in [4.78, 5) is 21.5. The minimum absolute atomic E-state index is 0.0697. The van der Waals surface area contributed by atoms with Gasteiger partial charge in [0.05, 0.1) is 0 Å². The minimum atomic E-state index is -1.07. The van der Waals surface area contributed by atoms with E-state index in [9.17, 15) is 14.7 Å². The number of hydrogen-bond acceptors (Lipinski definition) is 3. The maximum absolute atomic E-state index is 11.1. The number of aliphatic carboxylic acids is 1. The van der Waals surface area contributed by atoms with Crippen LogP contribution in [0.3, 0.4) is 0 Å². The molecule has 0 heterocycles. The van der Waals surface area contributed by atoms with Crippen LogP contribution in [0.2, 0.25) is 0 Å². The molecule has 74 valence electrons. The zero-order valence-corrected chi connectivity index (χ0v) is 8.13. The van der Waals surface area contributed by atoms with E-state index in [1.807, 2.05) is 0 Å². The fourth-order valence-electron chi connectivity index (χ4n) is 1.01. The monoisotopic (exact) mass is 183 g/mol. The third-order valence-electron chi connectivity index (χ3n) is 2.02. The van der Waals surface area contributed by atoms with Crippen LogP contribution in [0, 0.1) is 5.92 Å². The van der Waals surface area contributed by atoms with Gasteiger partial charge in [-0.1, -0.05) is 13.5 Å². The summed E-state index contributed by atoms with van der Waals surface area (Å²) >= 11 is 0. The molecule has 0 aromatic heterocycles. The van der Waals surface area contributed by atoms with E-state index < -0.39 is 11.9 Å². The van der Waals surface area contributed by atoms with Crippen LogP contribution in [-0.4, -0.2) is 11.8 Å². The topological polar surface area (TPSA) is 57.2 Å². The molecule has 0 amide bonds. The molecule has 0 aliphatic rings. The summed E-state index contributed by atoms with van der Waals surface area (Å²) in [5, 5.41) is 10.5. The third kappa shape index (κ3) is 4.45. The Hall–Kier alpha value is -1.12. The van der Waals surface area contributed by atoms with Crippen molar-refractivity contribution in [1.82, 2.24) is 0 Å². The molecule has 0 aromatic carbocycles. The molecular formula is C10H15O3-. The van der Waals surface area contributed by atoms with Crippen molar-refractivity contribution in [3.8, 4) is 0 Å². The van der Waals surface area contributed by atoms with Crippen molar-refractivity contribution in [3.63, 3.8) is 0 Å². The zero-order chi connectivity index (χ0) is 10.4. The molecule has 0 aromatic rings. The van der Waals surface area contributed by atoms with Gasteiger partial charge in [0.25, 0.3) is 0 Å². The summed E-state index contributed by atoms with van der Waals surface area (Å²) < 4.78 is 0. The lowest BCUT2D eigenvalue weighted by Gasteiger charge is -2.14. The first-order valence-electron chi connectivity index (χ1n) is 4.38. The first-order chi connectivity index (χ1) is 5.99. The van der Waals surface area contributed by atoms with Crippen molar-refractivity contribution in [1.29, 1.82) is 0 Å². The summed E-state index contributed by atoms with van der Waals surface area (Å²) in [6, 6.07) is 0. The number of hydrogen-bond donors (Lipinski definition) is 0. The Morgan fingerprint density at radius 1 is 1.46 bits per heavy atom. The summed E-state index contributed by atoms with van der Waals surface area (Å²) in [5.41, 5.74) is 0.480. The molecule has 0 rings (SSSR count). The van der Waals surface area contributed by atoms with Gasteiger partial charge in [-0.2, -0.15) is 0 Å². The second kappa shape index (κ2) is 5.51. The SMILES string of the molecule is C=C(C)C(=O)CCC(CC)C(=O)[O-]. The summed E-state index contributed by atoms with van der Waals surface area (Å²) in [6.07, 6.45) is 1.11. The number of ketones is 1. The normalized spacial score (nSPS) is 12.2. The molecule has 0 spiro atoms. The van der Waals surface area contributed by atoms with Gasteiger partial charge in [-0.3, -0.25) is 4.79 Å². The number of allylic oxidation sites excluding steroid dienone is 1. The van der Waals surface area contributed by atoms with E-state index in [0.717, 1.165) is 0 Å².